The van der Waals surface area contributed by atoms with Crippen LogP contribution in [0.1, 0.15) is 17.5 Å². The zero-order chi connectivity index (χ0) is 24.0. The summed E-state index contributed by atoms with van der Waals surface area (Å²) in [7, 11) is -1.35. The summed E-state index contributed by atoms with van der Waals surface area (Å²) >= 11 is 0. The van der Waals surface area contributed by atoms with E-state index in [0.29, 0.717) is 12.8 Å². The average molecular weight is 474 g/mol. The van der Waals surface area contributed by atoms with Crippen LogP contribution in [0, 0.1) is 5.82 Å². The van der Waals surface area contributed by atoms with Crippen LogP contribution in [0.15, 0.2) is 54.6 Å². The van der Waals surface area contributed by atoms with Crippen molar-refractivity contribution in [3.05, 3.63) is 71.5 Å². The van der Waals surface area contributed by atoms with Gasteiger partial charge in [0.2, 0.25) is 17.7 Å². The Morgan fingerprint density at radius 1 is 1.00 bits per heavy atom. The van der Waals surface area contributed by atoms with Gasteiger partial charge in [-0.05, 0) is 36.1 Å². The van der Waals surface area contributed by atoms with Crippen LogP contribution < -0.4 is 5.73 Å². The zero-order valence-corrected chi connectivity index (χ0v) is 19.3. The minimum atomic E-state index is -1.35. The summed E-state index contributed by atoms with van der Waals surface area (Å²) in [5.74, 6) is -1.99. The number of nitrogens with two attached hydrogens (primary N) is 1. The molecular formula is C24H28FN3O4S. The summed E-state index contributed by atoms with van der Waals surface area (Å²) < 4.78 is 25.3. The molecule has 2 aromatic rings. The molecule has 3 unspecified atom stereocenters. The Bertz CT molecular complexity index is 1020. The number of carbonyl (C=O) groups excluding carboxylic acids is 3. The van der Waals surface area contributed by atoms with Gasteiger partial charge in [0.1, 0.15) is 17.9 Å². The molecule has 2 aromatic carbocycles. The summed E-state index contributed by atoms with van der Waals surface area (Å²) in [4.78, 5) is 41.7. The van der Waals surface area contributed by atoms with Gasteiger partial charge in [0.25, 0.3) is 0 Å². The molecule has 3 atom stereocenters. The van der Waals surface area contributed by atoms with Crippen molar-refractivity contribution >= 4 is 28.5 Å². The van der Waals surface area contributed by atoms with E-state index in [0.717, 1.165) is 11.1 Å². The van der Waals surface area contributed by atoms with Gasteiger partial charge in [-0.1, -0.05) is 42.5 Å². The van der Waals surface area contributed by atoms with Crippen LogP contribution in [0.3, 0.4) is 0 Å². The number of hydrogen-bond acceptors (Lipinski definition) is 4. The lowest BCUT2D eigenvalue weighted by Crippen LogP contribution is -2.54. The van der Waals surface area contributed by atoms with Crippen LogP contribution in [-0.4, -0.2) is 68.9 Å². The fraction of sp³-hybridized carbons (Fsp3) is 0.375. The normalized spacial score (nSPS) is 19.9. The first kappa shape index (κ1) is 24.6. The predicted octanol–water partition coefficient (Wildman–Crippen LogP) is 1.27. The van der Waals surface area contributed by atoms with E-state index in [1.165, 1.54) is 28.2 Å². The van der Waals surface area contributed by atoms with E-state index in [9.17, 15) is 23.0 Å². The van der Waals surface area contributed by atoms with Crippen molar-refractivity contribution < 1.29 is 23.0 Å². The van der Waals surface area contributed by atoms with Crippen LogP contribution in [0.2, 0.25) is 0 Å². The van der Waals surface area contributed by atoms with Crippen molar-refractivity contribution in [3.8, 4) is 0 Å². The number of amides is 3. The van der Waals surface area contributed by atoms with Crippen LogP contribution in [-0.2, 0) is 38.0 Å². The molecular weight excluding hydrogens is 445 g/mol. The average Bonchev–Trinajstić information content (AvgIpc) is 2.87. The maximum Gasteiger partial charge on any atom is 0.247 e. The van der Waals surface area contributed by atoms with Gasteiger partial charge < -0.3 is 15.5 Å². The van der Waals surface area contributed by atoms with Crippen molar-refractivity contribution in [2.75, 3.05) is 25.1 Å². The van der Waals surface area contributed by atoms with E-state index in [-0.39, 0.29) is 37.0 Å². The summed E-state index contributed by atoms with van der Waals surface area (Å²) in [5, 5.41) is 0. The monoisotopic (exact) mass is 473 g/mol. The maximum absolute atomic E-state index is 13.6. The van der Waals surface area contributed by atoms with E-state index in [1.807, 2.05) is 30.3 Å². The molecule has 3 amide bonds. The van der Waals surface area contributed by atoms with Crippen molar-refractivity contribution in [2.24, 2.45) is 5.73 Å². The number of benzene rings is 2. The number of primary amides is 1. The number of rotatable bonds is 9. The Balaban J connectivity index is 1.86. The first-order valence-electron chi connectivity index (χ1n) is 10.7. The van der Waals surface area contributed by atoms with Crippen molar-refractivity contribution in [3.63, 3.8) is 0 Å². The largest absolute Gasteiger partial charge is 0.368 e. The molecule has 1 aliphatic heterocycles. The van der Waals surface area contributed by atoms with Gasteiger partial charge in [-0.2, -0.15) is 0 Å². The lowest BCUT2D eigenvalue weighted by molar-refractivity contribution is -0.142. The predicted molar refractivity (Wildman–Crippen MR) is 124 cm³/mol. The third-order valence-electron chi connectivity index (χ3n) is 5.77. The summed E-state index contributed by atoms with van der Waals surface area (Å²) in [6, 6.07) is 13.3. The molecule has 3 rings (SSSR count). The van der Waals surface area contributed by atoms with E-state index < -0.39 is 34.7 Å². The fourth-order valence-corrected chi connectivity index (χ4v) is 4.79. The Morgan fingerprint density at radius 2 is 1.58 bits per heavy atom. The Labute approximate surface area is 195 Å². The van der Waals surface area contributed by atoms with Crippen LogP contribution in [0.4, 0.5) is 4.39 Å². The number of hydrogen-bond donors (Lipinski definition) is 1. The van der Waals surface area contributed by atoms with Crippen LogP contribution in [0.25, 0.3) is 0 Å². The second kappa shape index (κ2) is 11.2. The number of halogens is 1. The number of nitrogens with zero attached hydrogens (tertiary/aromatic N) is 2. The molecule has 9 heteroatoms. The van der Waals surface area contributed by atoms with E-state index in [1.54, 1.807) is 12.1 Å². The van der Waals surface area contributed by atoms with Crippen LogP contribution >= 0.6 is 0 Å². The zero-order valence-electron chi connectivity index (χ0n) is 18.5. The quantitative estimate of drug-likeness (QED) is 0.593. The van der Waals surface area contributed by atoms with Crippen molar-refractivity contribution in [1.29, 1.82) is 0 Å². The van der Waals surface area contributed by atoms with Crippen molar-refractivity contribution in [2.45, 2.75) is 31.3 Å². The van der Waals surface area contributed by atoms with Gasteiger partial charge in [0.05, 0.1) is 12.2 Å². The smallest absolute Gasteiger partial charge is 0.247 e. The number of carbonyl (C=O) groups is 3. The fourth-order valence-electron chi connectivity index (χ4n) is 4.02. The molecule has 7 nitrogen and oxygen atoms in total. The first-order chi connectivity index (χ1) is 15.8. The second-order valence-corrected chi connectivity index (χ2v) is 9.59. The highest BCUT2D eigenvalue weighted by atomic mass is 32.2. The third-order valence-corrected chi connectivity index (χ3v) is 6.55. The van der Waals surface area contributed by atoms with E-state index in [2.05, 4.69) is 0 Å². The molecule has 0 aromatic heterocycles. The molecule has 0 spiro atoms. The second-order valence-electron chi connectivity index (χ2n) is 8.11. The van der Waals surface area contributed by atoms with Crippen LogP contribution in [0.5, 0.6) is 0 Å². The maximum atomic E-state index is 13.6. The van der Waals surface area contributed by atoms with Gasteiger partial charge in [-0.3, -0.25) is 18.6 Å². The Hall–Kier alpha value is -3.07. The van der Waals surface area contributed by atoms with E-state index >= 15 is 0 Å². The van der Waals surface area contributed by atoms with Gasteiger partial charge in [0, 0.05) is 30.1 Å². The molecule has 0 bridgehead atoms. The molecule has 176 valence electrons. The van der Waals surface area contributed by atoms with Gasteiger partial charge in [-0.15, -0.1) is 0 Å². The van der Waals surface area contributed by atoms with Gasteiger partial charge in [0.15, 0.2) is 0 Å². The summed E-state index contributed by atoms with van der Waals surface area (Å²) in [6.45, 7) is 0.387. The topological polar surface area (TPSA) is 101 Å². The minimum Gasteiger partial charge on any atom is -0.368 e. The molecule has 33 heavy (non-hydrogen) atoms. The Kier molecular flexibility index (Phi) is 8.32. The lowest BCUT2D eigenvalue weighted by Gasteiger charge is -2.32. The Morgan fingerprint density at radius 3 is 2.15 bits per heavy atom. The highest BCUT2D eigenvalue weighted by Crippen LogP contribution is 2.21. The minimum absolute atomic E-state index is 0.0299. The molecule has 2 N–H and O–H groups in total. The molecule has 0 saturated carbocycles. The molecule has 0 aliphatic carbocycles. The van der Waals surface area contributed by atoms with Crippen molar-refractivity contribution in [1.82, 2.24) is 9.80 Å². The summed E-state index contributed by atoms with van der Waals surface area (Å²) in [5.41, 5.74) is 7.36. The highest BCUT2D eigenvalue weighted by molar-refractivity contribution is 7.84. The molecule has 1 saturated heterocycles. The highest BCUT2D eigenvalue weighted by Gasteiger charge is 2.43. The third kappa shape index (κ3) is 6.47. The first-order valence-corrected chi connectivity index (χ1v) is 12.5. The standard InChI is InChI=1S/C24H28FN3O4S/c1-33(32)16-21-24(31)28(14-12-18-7-9-19(25)10-8-18)20(23(26)30)15-22(29)27(21)13-11-17-5-3-2-4-6-17/h2-10,20-21H,11-16H2,1H3,(H2,26,30). The molecule has 1 heterocycles. The van der Waals surface area contributed by atoms with Gasteiger partial charge >= 0.3 is 0 Å². The molecule has 0 radical (unpaired) electrons. The van der Waals surface area contributed by atoms with E-state index in [4.69, 9.17) is 5.73 Å². The molecule has 1 aliphatic rings. The molecule has 1 fully saturated rings. The van der Waals surface area contributed by atoms with Gasteiger partial charge in [-0.25, -0.2) is 4.39 Å². The lowest BCUT2D eigenvalue weighted by atomic mass is 10.1. The summed E-state index contributed by atoms with van der Waals surface area (Å²) in [6.07, 6.45) is 2.12. The SMILES string of the molecule is CS(=O)CC1C(=O)N(CCc2ccc(F)cc2)C(C(N)=O)CC(=O)N1CCc1ccccc1.